The van der Waals surface area contributed by atoms with Crippen LogP contribution in [-0.4, -0.2) is 57.3 Å². The Bertz CT molecular complexity index is 1010. The Labute approximate surface area is 188 Å². The fourth-order valence-corrected chi connectivity index (χ4v) is 6.71. The molecular formula is C21H29N2O7PS. The van der Waals surface area contributed by atoms with Gasteiger partial charge in [-0.2, -0.15) is 4.31 Å². The SMILES string of the molecule is CCOP(=O)(OCC)C(Nc1ccc(S(=O)(=O)N2CCOCC2)cc1)c1ccc(O)cc1. The first kappa shape index (κ1) is 24.7. The molecule has 1 fully saturated rings. The van der Waals surface area contributed by atoms with E-state index in [1.54, 1.807) is 38.1 Å². The molecule has 11 heteroatoms. The second-order valence-electron chi connectivity index (χ2n) is 7.05. The van der Waals surface area contributed by atoms with E-state index in [9.17, 15) is 18.1 Å². The molecule has 1 aliphatic heterocycles. The number of sulfonamides is 1. The van der Waals surface area contributed by atoms with Crippen molar-refractivity contribution in [3.05, 3.63) is 54.1 Å². The van der Waals surface area contributed by atoms with Crippen molar-refractivity contribution in [1.82, 2.24) is 4.31 Å². The lowest BCUT2D eigenvalue weighted by molar-refractivity contribution is 0.0730. The zero-order chi connectivity index (χ0) is 23.2. The van der Waals surface area contributed by atoms with Crippen molar-refractivity contribution in [1.29, 1.82) is 0 Å². The zero-order valence-corrected chi connectivity index (χ0v) is 19.8. The molecule has 176 valence electrons. The van der Waals surface area contributed by atoms with Crippen molar-refractivity contribution in [2.45, 2.75) is 24.5 Å². The van der Waals surface area contributed by atoms with Gasteiger partial charge in [0.25, 0.3) is 0 Å². The van der Waals surface area contributed by atoms with Crippen molar-refractivity contribution in [2.24, 2.45) is 0 Å². The van der Waals surface area contributed by atoms with Gasteiger partial charge in [0, 0.05) is 18.8 Å². The molecule has 0 aliphatic carbocycles. The molecule has 0 radical (unpaired) electrons. The normalized spacial score (nSPS) is 16.6. The first-order valence-electron chi connectivity index (χ1n) is 10.4. The van der Waals surface area contributed by atoms with Gasteiger partial charge >= 0.3 is 7.60 Å². The Balaban J connectivity index is 1.89. The summed E-state index contributed by atoms with van der Waals surface area (Å²) in [6.07, 6.45) is 0. The van der Waals surface area contributed by atoms with Gasteiger partial charge < -0.3 is 24.2 Å². The highest BCUT2D eigenvalue weighted by Gasteiger charge is 2.37. The van der Waals surface area contributed by atoms with Crippen LogP contribution in [0.5, 0.6) is 5.75 Å². The van der Waals surface area contributed by atoms with Crippen LogP contribution >= 0.6 is 7.60 Å². The van der Waals surface area contributed by atoms with Crippen molar-refractivity contribution in [3.63, 3.8) is 0 Å². The third-order valence-electron chi connectivity index (χ3n) is 4.91. The zero-order valence-electron chi connectivity index (χ0n) is 18.1. The van der Waals surface area contributed by atoms with Crippen molar-refractivity contribution < 1.29 is 31.9 Å². The Morgan fingerprint density at radius 3 is 2.12 bits per heavy atom. The molecule has 1 atom stereocenters. The number of nitrogens with zero attached hydrogens (tertiary/aromatic N) is 1. The van der Waals surface area contributed by atoms with Crippen LogP contribution in [0, 0.1) is 0 Å². The van der Waals surface area contributed by atoms with Crippen LogP contribution in [0.1, 0.15) is 25.2 Å². The molecule has 9 nitrogen and oxygen atoms in total. The van der Waals surface area contributed by atoms with Crippen LogP contribution in [0.15, 0.2) is 53.4 Å². The highest BCUT2D eigenvalue weighted by Crippen LogP contribution is 2.60. The molecule has 1 heterocycles. The van der Waals surface area contributed by atoms with E-state index in [0.29, 0.717) is 37.6 Å². The molecule has 0 saturated carbocycles. The number of morpholine rings is 1. The van der Waals surface area contributed by atoms with Crippen molar-refractivity contribution >= 4 is 23.3 Å². The molecule has 1 aliphatic rings. The Kier molecular flexibility index (Phi) is 8.32. The van der Waals surface area contributed by atoms with Crippen LogP contribution in [0.3, 0.4) is 0 Å². The first-order valence-corrected chi connectivity index (χ1v) is 13.5. The van der Waals surface area contributed by atoms with Gasteiger partial charge in [0.1, 0.15) is 5.75 Å². The largest absolute Gasteiger partial charge is 0.508 e. The maximum atomic E-state index is 13.6. The Morgan fingerprint density at radius 1 is 1.03 bits per heavy atom. The Hall–Kier alpha value is -1.94. The van der Waals surface area contributed by atoms with Crippen molar-refractivity contribution in [2.75, 3.05) is 44.8 Å². The summed E-state index contributed by atoms with van der Waals surface area (Å²) in [5, 5.41) is 12.8. The summed E-state index contributed by atoms with van der Waals surface area (Å²) in [6, 6.07) is 12.5. The van der Waals surface area contributed by atoms with Gasteiger partial charge in [-0.15, -0.1) is 0 Å². The molecule has 1 unspecified atom stereocenters. The molecule has 2 aromatic carbocycles. The predicted molar refractivity (Wildman–Crippen MR) is 121 cm³/mol. The number of ether oxygens (including phenoxy) is 1. The molecular weight excluding hydrogens is 455 g/mol. The summed E-state index contributed by atoms with van der Waals surface area (Å²) in [4.78, 5) is 0.170. The molecule has 2 aromatic rings. The van der Waals surface area contributed by atoms with Gasteiger partial charge in [0.05, 0.1) is 31.3 Å². The third kappa shape index (κ3) is 5.70. The van der Waals surface area contributed by atoms with E-state index >= 15 is 0 Å². The number of hydrogen-bond donors (Lipinski definition) is 2. The lowest BCUT2D eigenvalue weighted by Gasteiger charge is -2.28. The highest BCUT2D eigenvalue weighted by molar-refractivity contribution is 7.89. The number of aromatic hydroxyl groups is 1. The summed E-state index contributed by atoms with van der Waals surface area (Å²) in [7, 11) is -7.25. The summed E-state index contributed by atoms with van der Waals surface area (Å²) in [5.41, 5.74) is 1.14. The average molecular weight is 485 g/mol. The van der Waals surface area contributed by atoms with E-state index in [2.05, 4.69) is 5.32 Å². The minimum absolute atomic E-state index is 0.0767. The van der Waals surface area contributed by atoms with E-state index in [1.807, 2.05) is 0 Å². The standard InChI is InChI=1S/C21H29N2O7PS/c1-3-29-31(25,30-4-2)21(17-5-9-19(24)10-6-17)22-18-7-11-20(12-8-18)32(26,27)23-13-15-28-16-14-23/h5-12,21-22,24H,3-4,13-16H2,1-2H3. The fraction of sp³-hybridized carbons (Fsp3) is 0.429. The molecule has 2 N–H and O–H groups in total. The molecule has 0 bridgehead atoms. The third-order valence-corrected chi connectivity index (χ3v) is 9.12. The molecule has 0 amide bonds. The smallest absolute Gasteiger partial charge is 0.357 e. The second-order valence-corrected chi connectivity index (χ2v) is 11.1. The summed E-state index contributed by atoms with van der Waals surface area (Å²) in [5.74, 6) is -0.780. The number of phenols is 1. The van der Waals surface area contributed by atoms with E-state index in [1.165, 1.54) is 28.6 Å². The topological polar surface area (TPSA) is 114 Å². The van der Waals surface area contributed by atoms with Gasteiger partial charge in [-0.3, -0.25) is 4.57 Å². The lowest BCUT2D eigenvalue weighted by Crippen LogP contribution is -2.40. The fourth-order valence-electron chi connectivity index (χ4n) is 3.36. The van der Waals surface area contributed by atoms with Crippen LogP contribution in [0.2, 0.25) is 0 Å². The first-order chi connectivity index (χ1) is 15.3. The van der Waals surface area contributed by atoms with Gasteiger partial charge in [-0.1, -0.05) is 12.1 Å². The maximum absolute atomic E-state index is 13.6. The minimum atomic E-state index is -3.63. The van der Waals surface area contributed by atoms with Crippen LogP contribution in [0.25, 0.3) is 0 Å². The predicted octanol–water partition coefficient (Wildman–Crippen LogP) is 3.79. The number of benzene rings is 2. The Morgan fingerprint density at radius 2 is 1.59 bits per heavy atom. The monoisotopic (exact) mass is 484 g/mol. The van der Waals surface area contributed by atoms with Gasteiger partial charge in [0.15, 0.2) is 5.78 Å². The van der Waals surface area contributed by atoms with Crippen LogP contribution in [-0.2, 0) is 28.4 Å². The number of nitrogens with one attached hydrogen (secondary N) is 1. The quantitative estimate of drug-likeness (QED) is 0.490. The van der Waals surface area contributed by atoms with E-state index in [4.69, 9.17) is 13.8 Å². The maximum Gasteiger partial charge on any atom is 0.357 e. The summed E-state index contributed by atoms with van der Waals surface area (Å²) >= 11 is 0. The van der Waals surface area contributed by atoms with E-state index < -0.39 is 23.4 Å². The lowest BCUT2D eigenvalue weighted by atomic mass is 10.2. The molecule has 32 heavy (non-hydrogen) atoms. The van der Waals surface area contributed by atoms with Gasteiger partial charge in [0.2, 0.25) is 10.0 Å². The number of anilines is 1. The molecule has 0 spiro atoms. The second kappa shape index (κ2) is 10.8. The van der Waals surface area contributed by atoms with Crippen LogP contribution in [0.4, 0.5) is 5.69 Å². The van der Waals surface area contributed by atoms with E-state index in [-0.39, 0.29) is 23.9 Å². The van der Waals surface area contributed by atoms with Gasteiger partial charge in [-0.25, -0.2) is 8.42 Å². The summed E-state index contributed by atoms with van der Waals surface area (Å²) in [6.45, 7) is 5.20. The van der Waals surface area contributed by atoms with Gasteiger partial charge in [-0.05, 0) is 55.8 Å². The number of phenolic OH excluding ortho intramolecular Hbond substituents is 1. The highest BCUT2D eigenvalue weighted by atomic mass is 32.2. The average Bonchev–Trinajstić information content (AvgIpc) is 2.79. The number of hydrogen-bond acceptors (Lipinski definition) is 8. The number of rotatable bonds is 10. The van der Waals surface area contributed by atoms with Crippen LogP contribution < -0.4 is 5.32 Å². The molecule has 1 saturated heterocycles. The van der Waals surface area contributed by atoms with Crippen molar-refractivity contribution in [3.8, 4) is 5.75 Å². The summed E-state index contributed by atoms with van der Waals surface area (Å²) < 4.78 is 57.0. The minimum Gasteiger partial charge on any atom is -0.508 e. The van der Waals surface area contributed by atoms with E-state index in [0.717, 1.165) is 0 Å². The molecule has 3 rings (SSSR count). The molecule has 0 aromatic heterocycles.